The van der Waals surface area contributed by atoms with Crippen LogP contribution in [0.3, 0.4) is 0 Å². The monoisotopic (exact) mass is 390 g/mol. The second kappa shape index (κ2) is 7.34. The number of halogens is 9. The van der Waals surface area contributed by atoms with Gasteiger partial charge < -0.3 is 11.5 Å². The van der Waals surface area contributed by atoms with Crippen molar-refractivity contribution in [2.45, 2.75) is 18.5 Å². The zero-order valence-corrected chi connectivity index (χ0v) is 12.6. The van der Waals surface area contributed by atoms with Crippen LogP contribution in [0.1, 0.15) is 16.7 Å². The minimum atomic E-state index is -4.88. The van der Waals surface area contributed by atoms with E-state index >= 15 is 0 Å². The molecular weight excluding hydrogens is 379 g/mol. The van der Waals surface area contributed by atoms with Crippen molar-refractivity contribution in [3.63, 3.8) is 0 Å². The number of hydrogen-bond donors (Lipinski definition) is 2. The van der Waals surface area contributed by atoms with Gasteiger partial charge in [-0.1, -0.05) is 6.07 Å². The van der Waals surface area contributed by atoms with Crippen molar-refractivity contribution in [1.82, 2.24) is 0 Å². The van der Waals surface area contributed by atoms with Gasteiger partial charge in [-0.05, 0) is 36.4 Å². The molecule has 2 nitrogen and oxygen atoms in total. The minimum absolute atomic E-state index is 0.331. The summed E-state index contributed by atoms with van der Waals surface area (Å²) in [5.41, 5.74) is 5.43. The number of anilines is 2. The van der Waals surface area contributed by atoms with Crippen LogP contribution in [0.2, 0.25) is 0 Å². The number of nitrogens with two attached hydrogens (primary N) is 2. The molecule has 2 aromatic rings. The summed E-state index contributed by atoms with van der Waals surface area (Å²) in [6.07, 6.45) is -14.0. The van der Waals surface area contributed by atoms with Gasteiger partial charge in [0, 0.05) is 5.69 Å². The molecule has 2 aromatic carbocycles. The zero-order chi connectivity index (χ0) is 20.3. The van der Waals surface area contributed by atoms with Crippen LogP contribution in [0.4, 0.5) is 50.9 Å². The van der Waals surface area contributed by atoms with E-state index in [1.165, 1.54) is 12.1 Å². The number of rotatable bonds is 0. The standard InChI is InChI=1S/C8H5F6N.C7H6F3N/c9-7(10,11)4-2-1-3-5(6(4)15)8(12,13)14;8-7(9,10)5-1-3-6(11)4-2-5/h1-3H,15H2;1-4H,11H2. The van der Waals surface area contributed by atoms with E-state index < -0.39 is 40.9 Å². The zero-order valence-electron chi connectivity index (χ0n) is 12.6. The first kappa shape index (κ1) is 21.5. The number of alkyl halides is 9. The van der Waals surface area contributed by atoms with Gasteiger partial charge in [0.15, 0.2) is 0 Å². The van der Waals surface area contributed by atoms with Gasteiger partial charge in [0.05, 0.1) is 22.4 Å². The maximum Gasteiger partial charge on any atom is 0.418 e. The van der Waals surface area contributed by atoms with Crippen molar-refractivity contribution in [2.24, 2.45) is 0 Å². The van der Waals surface area contributed by atoms with E-state index in [0.29, 0.717) is 23.9 Å². The molecule has 4 N–H and O–H groups in total. The molecule has 0 radical (unpaired) electrons. The van der Waals surface area contributed by atoms with E-state index in [0.717, 1.165) is 12.1 Å². The molecule has 0 amide bonds. The molecular formula is C15H11F9N2. The summed E-state index contributed by atoms with van der Waals surface area (Å²) in [7, 11) is 0. The Morgan fingerprint density at radius 2 is 0.923 bits per heavy atom. The highest BCUT2D eigenvalue weighted by Gasteiger charge is 2.39. The smallest absolute Gasteiger partial charge is 0.399 e. The third-order valence-corrected chi connectivity index (χ3v) is 2.95. The Labute approximate surface area is 141 Å². The van der Waals surface area contributed by atoms with Crippen molar-refractivity contribution in [3.05, 3.63) is 59.2 Å². The number of nitrogen functional groups attached to an aromatic ring is 2. The van der Waals surface area contributed by atoms with Crippen LogP contribution in [-0.4, -0.2) is 0 Å². The molecule has 0 atom stereocenters. The van der Waals surface area contributed by atoms with Crippen LogP contribution in [0.25, 0.3) is 0 Å². The Bertz CT molecular complexity index is 697. The Morgan fingerprint density at radius 1 is 0.538 bits per heavy atom. The van der Waals surface area contributed by atoms with Crippen molar-refractivity contribution >= 4 is 11.4 Å². The fraction of sp³-hybridized carbons (Fsp3) is 0.200. The van der Waals surface area contributed by atoms with Crippen LogP contribution >= 0.6 is 0 Å². The van der Waals surface area contributed by atoms with Crippen molar-refractivity contribution in [2.75, 3.05) is 11.5 Å². The molecule has 0 unspecified atom stereocenters. The molecule has 0 aliphatic rings. The molecule has 0 fully saturated rings. The molecule has 26 heavy (non-hydrogen) atoms. The summed E-state index contributed by atoms with van der Waals surface area (Å²) < 4.78 is 109. The Balaban J connectivity index is 0.000000273. The van der Waals surface area contributed by atoms with Gasteiger partial charge in [-0.25, -0.2) is 0 Å². The summed E-state index contributed by atoms with van der Waals surface area (Å²) in [6, 6.07) is 6.04. The molecule has 0 heterocycles. The molecule has 0 saturated carbocycles. The molecule has 144 valence electrons. The molecule has 0 aliphatic carbocycles. The van der Waals surface area contributed by atoms with Gasteiger partial charge in [-0.3, -0.25) is 0 Å². The highest BCUT2D eigenvalue weighted by atomic mass is 19.4. The molecule has 0 aliphatic heterocycles. The molecule has 11 heteroatoms. The van der Waals surface area contributed by atoms with E-state index in [1.807, 2.05) is 0 Å². The lowest BCUT2D eigenvalue weighted by molar-refractivity contribution is -0.142. The van der Waals surface area contributed by atoms with Gasteiger partial charge in [-0.2, -0.15) is 39.5 Å². The summed E-state index contributed by atoms with van der Waals surface area (Å²) in [6.45, 7) is 0. The number of para-hydroxylation sites is 1. The van der Waals surface area contributed by atoms with Crippen molar-refractivity contribution in [1.29, 1.82) is 0 Å². The van der Waals surface area contributed by atoms with E-state index in [4.69, 9.17) is 11.5 Å². The Hall–Kier alpha value is -2.59. The largest absolute Gasteiger partial charge is 0.418 e. The van der Waals surface area contributed by atoms with Crippen LogP contribution < -0.4 is 11.5 Å². The lowest BCUT2D eigenvalue weighted by Gasteiger charge is -2.15. The van der Waals surface area contributed by atoms with E-state index in [2.05, 4.69) is 0 Å². The second-order valence-corrected chi connectivity index (χ2v) is 4.88. The quantitative estimate of drug-likeness (QED) is 0.455. The molecule has 0 spiro atoms. The van der Waals surface area contributed by atoms with Crippen molar-refractivity contribution in [3.8, 4) is 0 Å². The summed E-state index contributed by atoms with van der Waals surface area (Å²) >= 11 is 0. The van der Waals surface area contributed by atoms with Crippen LogP contribution in [0, 0.1) is 0 Å². The topological polar surface area (TPSA) is 52.0 Å². The highest BCUT2D eigenvalue weighted by molar-refractivity contribution is 5.56. The van der Waals surface area contributed by atoms with Crippen LogP contribution in [0.5, 0.6) is 0 Å². The third kappa shape index (κ3) is 5.74. The van der Waals surface area contributed by atoms with E-state index in [9.17, 15) is 39.5 Å². The number of benzene rings is 2. The normalized spacial score (nSPS) is 12.3. The molecule has 0 saturated heterocycles. The lowest BCUT2D eigenvalue weighted by atomic mass is 10.1. The molecule has 2 rings (SSSR count). The predicted octanol–water partition coefficient (Wildman–Crippen LogP) is 5.59. The SMILES string of the molecule is Nc1c(C(F)(F)F)cccc1C(F)(F)F.Nc1ccc(C(F)(F)F)cc1. The first-order chi connectivity index (χ1) is 11.6. The molecule has 0 bridgehead atoms. The fourth-order valence-electron chi connectivity index (χ4n) is 1.73. The third-order valence-electron chi connectivity index (χ3n) is 2.95. The summed E-state index contributed by atoms with van der Waals surface area (Å²) in [5, 5.41) is 0. The number of hydrogen-bond acceptors (Lipinski definition) is 2. The maximum atomic E-state index is 12.2. The average molecular weight is 390 g/mol. The summed E-state index contributed by atoms with van der Waals surface area (Å²) in [4.78, 5) is 0. The maximum absolute atomic E-state index is 12.2. The Morgan fingerprint density at radius 3 is 1.23 bits per heavy atom. The van der Waals surface area contributed by atoms with Crippen molar-refractivity contribution < 1.29 is 39.5 Å². The average Bonchev–Trinajstić information content (AvgIpc) is 2.45. The van der Waals surface area contributed by atoms with Gasteiger partial charge in [0.2, 0.25) is 0 Å². The lowest BCUT2D eigenvalue weighted by Crippen LogP contribution is -2.15. The fourth-order valence-corrected chi connectivity index (χ4v) is 1.73. The van der Waals surface area contributed by atoms with Gasteiger partial charge in [0.25, 0.3) is 0 Å². The highest BCUT2D eigenvalue weighted by Crippen LogP contribution is 2.40. The van der Waals surface area contributed by atoms with E-state index in [-0.39, 0.29) is 0 Å². The van der Waals surface area contributed by atoms with Gasteiger partial charge in [0.1, 0.15) is 0 Å². The van der Waals surface area contributed by atoms with Gasteiger partial charge in [-0.15, -0.1) is 0 Å². The first-order valence-corrected chi connectivity index (χ1v) is 6.59. The Kier molecular flexibility index (Phi) is 6.06. The molecule has 0 aromatic heterocycles. The van der Waals surface area contributed by atoms with Crippen LogP contribution in [0.15, 0.2) is 42.5 Å². The predicted molar refractivity (Wildman–Crippen MR) is 76.7 cm³/mol. The minimum Gasteiger partial charge on any atom is -0.399 e. The van der Waals surface area contributed by atoms with Gasteiger partial charge >= 0.3 is 18.5 Å². The van der Waals surface area contributed by atoms with E-state index in [1.54, 1.807) is 0 Å². The summed E-state index contributed by atoms with van der Waals surface area (Å²) in [5.74, 6) is 0. The van der Waals surface area contributed by atoms with Crippen LogP contribution in [-0.2, 0) is 18.5 Å². The first-order valence-electron chi connectivity index (χ1n) is 6.59. The second-order valence-electron chi connectivity index (χ2n) is 4.88.